The maximum absolute atomic E-state index is 13.2. The molecule has 0 amide bonds. The van der Waals surface area contributed by atoms with Crippen LogP contribution < -0.4 is 38.7 Å². The summed E-state index contributed by atoms with van der Waals surface area (Å²) in [6.45, 7) is 10.1. The molecule has 0 spiro atoms. The Balaban J connectivity index is 0.000000158. The van der Waals surface area contributed by atoms with Crippen molar-refractivity contribution in [1.82, 2.24) is 58.1 Å². The third-order valence-electron chi connectivity index (χ3n) is 13.9. The molecule has 10 heterocycles. The van der Waals surface area contributed by atoms with Gasteiger partial charge in [-0.25, -0.2) is 24.5 Å². The lowest BCUT2D eigenvalue weighted by Gasteiger charge is -2.26. The van der Waals surface area contributed by atoms with Gasteiger partial charge in [-0.1, -0.05) is 0 Å². The summed E-state index contributed by atoms with van der Waals surface area (Å²) < 4.78 is 45.7. The number of hydrogen-bond acceptors (Lipinski definition) is 25. The molecule has 0 aromatic carbocycles. The van der Waals surface area contributed by atoms with Crippen molar-refractivity contribution in [3.05, 3.63) is 83.9 Å². The molecule has 0 unspecified atom stereocenters. The summed E-state index contributed by atoms with van der Waals surface area (Å²) in [6.07, 6.45) is -6.71. The van der Waals surface area contributed by atoms with Gasteiger partial charge >= 0.3 is 11.4 Å². The second-order valence-corrected chi connectivity index (χ2v) is 23.2. The highest BCUT2D eigenvalue weighted by molar-refractivity contribution is 6.25. The first-order valence-electron chi connectivity index (χ1n) is 24.8. The first-order valence-corrected chi connectivity index (χ1v) is 26.3. The smallest absolute Gasteiger partial charge is 0.330 e. The summed E-state index contributed by atoms with van der Waals surface area (Å²) in [5.41, 5.74) is 10.1. The second-order valence-electron chi connectivity index (χ2n) is 20.0. The molecule has 10 rings (SSSR count). The number of nitrogens with one attached hydrogen (secondary N) is 2. The SMILES string of the molecule is CCOc1nc(C)nc2c1ncn2[C@@H]1O[C@H](CO)[C@@H](O)[C@@]1(C)Cl.C[C@@]1(Cl)[C@H](O)[C@@H](CO)O[C@H]1n1cc(F)c(=O)[nH]c1=O.C[C@@]1(Cl)[C@H](O)[C@@H](CO)O[C@H]1n1cnc2c(N)nc(N)nc21.Cc1cn([C@@H]2O[C@H](CO)[C@@H](O)[C@@]2(C)Cl)c(=O)[nH]c1=O. The Kier molecular flexibility index (Phi) is 19.2. The van der Waals surface area contributed by atoms with E-state index in [-0.39, 0.29) is 25.0 Å². The molecule has 14 N–H and O–H groups in total. The second kappa shape index (κ2) is 24.6. The molecule has 4 saturated heterocycles. The Morgan fingerprint density at radius 3 is 1.38 bits per heavy atom. The molecule has 0 aliphatic carbocycles. The summed E-state index contributed by atoms with van der Waals surface area (Å²) in [5.74, 6) is -0.129. The summed E-state index contributed by atoms with van der Waals surface area (Å²) in [6, 6.07) is 0. The summed E-state index contributed by atoms with van der Waals surface area (Å²) in [4.78, 5) is 69.5. The van der Waals surface area contributed by atoms with Crippen LogP contribution in [0.15, 0.2) is 44.2 Å². The zero-order valence-electron chi connectivity index (χ0n) is 44.5. The van der Waals surface area contributed by atoms with Gasteiger partial charge in [-0.05, 0) is 48.5 Å². The van der Waals surface area contributed by atoms with Gasteiger partial charge in [-0.15, -0.1) is 46.4 Å². The fourth-order valence-electron chi connectivity index (χ4n) is 9.38. The highest BCUT2D eigenvalue weighted by Crippen LogP contribution is 2.47. The molecule has 6 aromatic rings. The number of aromatic amines is 2. The standard InChI is InChI=1S/C14H19ClN4O4.C11H15ClN6O3.C11H15ClN2O5.C10H12ClFN2O5/c1-4-22-12-9-11(17-7(2)18-12)19(6-16-9)13-14(3,15)10(21)8(5-20)23-13;1-11(12)6(20)4(2-19)21-9(11)18-3-15-5-7(13)16-10(14)17-8(5)18;1-5-3-14(10(18)13-8(5)17)9-11(2,12)7(16)6(4-15)19-9;1-10(11)6(16)5(3-15)19-8(10)14-2-4(12)7(17)13-9(14)18/h6,8,10,13,20-21H,4-5H2,1-3H3;3-4,6,9,19-20H,2H2,1H3,(H4,13,14,16,17);3,6-7,9,15-16H,4H2,1-2H3,(H,13,17,18);2,5-6,8,15-16H,3H2,1H3,(H,13,17,18)/t8-,10-,13-,14-;4-,6-,9-,11-;6-,7-,9-,11-;5-,6-,8-,10-/m1111/s1. The topological polar surface area (TPSA) is 457 Å². The quantitative estimate of drug-likeness (QED) is 0.0663. The summed E-state index contributed by atoms with van der Waals surface area (Å²) in [5, 5.41) is 76.9. The van der Waals surface area contributed by atoms with Gasteiger partial charge in [0.2, 0.25) is 17.6 Å². The van der Waals surface area contributed by atoms with E-state index in [1.54, 1.807) is 30.3 Å². The first-order chi connectivity index (χ1) is 38.3. The number of imidazole rings is 2. The number of hydrogen-bond donors (Lipinski definition) is 12. The van der Waals surface area contributed by atoms with E-state index in [0.29, 0.717) is 52.4 Å². The average Bonchev–Trinajstić information content (AvgIpc) is 4.26. The van der Waals surface area contributed by atoms with Gasteiger partial charge in [0.05, 0.1) is 51.9 Å². The number of anilines is 2. The number of aromatic nitrogens is 12. The molecular weight excluding hydrogens is 1180 g/mol. The first kappa shape index (κ1) is 64.0. The zero-order chi connectivity index (χ0) is 60.9. The van der Waals surface area contributed by atoms with Crippen molar-refractivity contribution in [3.63, 3.8) is 0 Å². The Morgan fingerprint density at radius 1 is 0.598 bits per heavy atom. The van der Waals surface area contributed by atoms with Crippen molar-refractivity contribution in [2.45, 2.75) is 142 Å². The van der Waals surface area contributed by atoms with Gasteiger partial charge in [0.15, 0.2) is 47.5 Å². The van der Waals surface area contributed by atoms with Crippen LogP contribution in [-0.4, -0.2) is 200 Å². The number of rotatable bonds is 10. The summed E-state index contributed by atoms with van der Waals surface area (Å²) >= 11 is 25.2. The number of aliphatic hydroxyl groups excluding tert-OH is 8. The van der Waals surface area contributed by atoms with E-state index >= 15 is 0 Å². The van der Waals surface area contributed by atoms with E-state index in [1.165, 1.54) is 44.2 Å². The third-order valence-corrected chi connectivity index (χ3v) is 15.6. The van der Waals surface area contributed by atoms with E-state index in [9.17, 15) is 54.2 Å². The monoisotopic (exact) mass is 1240 g/mol. The molecule has 31 nitrogen and oxygen atoms in total. The fraction of sp³-hybridized carbons (Fsp3) is 0.609. The number of aryl methyl sites for hydroxylation is 2. The van der Waals surface area contributed by atoms with Crippen molar-refractivity contribution < 1.29 is 68.9 Å². The van der Waals surface area contributed by atoms with Crippen LogP contribution in [0.4, 0.5) is 16.2 Å². The molecule has 4 aliphatic heterocycles. The molecule has 4 fully saturated rings. The van der Waals surface area contributed by atoms with Crippen molar-refractivity contribution in [3.8, 4) is 5.88 Å². The maximum atomic E-state index is 13.2. The van der Waals surface area contributed by atoms with Crippen LogP contribution in [-0.2, 0) is 18.9 Å². The van der Waals surface area contributed by atoms with Gasteiger partial charge in [0.1, 0.15) is 79.7 Å². The number of H-pyrrole nitrogens is 2. The van der Waals surface area contributed by atoms with Crippen LogP contribution in [0.1, 0.15) is 70.9 Å². The van der Waals surface area contributed by atoms with Crippen molar-refractivity contribution in [2.24, 2.45) is 0 Å². The predicted molar refractivity (Wildman–Crippen MR) is 288 cm³/mol. The van der Waals surface area contributed by atoms with E-state index in [2.05, 4.69) is 34.9 Å². The van der Waals surface area contributed by atoms with Crippen LogP contribution in [0.3, 0.4) is 0 Å². The minimum absolute atomic E-state index is 0.00437. The minimum atomic E-state index is -1.46. The lowest BCUT2D eigenvalue weighted by molar-refractivity contribution is -0.0473. The predicted octanol–water partition coefficient (Wildman–Crippen LogP) is -1.96. The van der Waals surface area contributed by atoms with Gasteiger partial charge in [0.25, 0.3) is 11.1 Å². The van der Waals surface area contributed by atoms with E-state index < -0.39 is 135 Å². The van der Waals surface area contributed by atoms with E-state index in [0.717, 1.165) is 9.13 Å². The van der Waals surface area contributed by atoms with Gasteiger partial charge in [-0.3, -0.25) is 37.8 Å². The fourth-order valence-corrected chi connectivity index (χ4v) is 10.6. The number of alkyl halides is 4. The van der Waals surface area contributed by atoms with Crippen LogP contribution >= 0.6 is 46.4 Å². The molecule has 0 radical (unpaired) electrons. The number of nitrogens with zero attached hydrogens (tertiary/aromatic N) is 10. The molecule has 82 heavy (non-hydrogen) atoms. The number of fused-ring (bicyclic) bond motifs is 2. The number of ether oxygens (including phenoxy) is 5. The van der Waals surface area contributed by atoms with Crippen LogP contribution in [0.2, 0.25) is 0 Å². The van der Waals surface area contributed by atoms with Gasteiger partial charge < -0.3 is 76.0 Å². The van der Waals surface area contributed by atoms with Gasteiger partial charge in [0, 0.05) is 11.8 Å². The van der Waals surface area contributed by atoms with E-state index in [1.807, 2.05) is 6.92 Å². The Labute approximate surface area is 481 Å². The number of nitrogens with two attached hydrogens (primary N) is 2. The number of aliphatic hydroxyl groups is 8. The van der Waals surface area contributed by atoms with Crippen LogP contribution in [0.25, 0.3) is 22.3 Å². The highest BCUT2D eigenvalue weighted by Gasteiger charge is 2.56. The lowest BCUT2D eigenvalue weighted by atomic mass is 10.0. The summed E-state index contributed by atoms with van der Waals surface area (Å²) in [7, 11) is 0. The Bertz CT molecular complexity index is 3400. The minimum Gasteiger partial charge on any atom is -0.476 e. The van der Waals surface area contributed by atoms with Crippen molar-refractivity contribution >= 4 is 80.5 Å². The molecule has 16 atom stereocenters. The van der Waals surface area contributed by atoms with Crippen LogP contribution in [0.5, 0.6) is 5.88 Å². The Hall–Kier alpha value is -5.53. The van der Waals surface area contributed by atoms with E-state index in [4.69, 9.17) is 91.8 Å². The van der Waals surface area contributed by atoms with Gasteiger partial charge in [-0.2, -0.15) is 19.3 Å². The Morgan fingerprint density at radius 2 is 0.976 bits per heavy atom. The molecule has 4 aliphatic rings. The third kappa shape index (κ3) is 11.9. The van der Waals surface area contributed by atoms with Crippen LogP contribution in [0, 0.1) is 19.7 Å². The number of halogens is 5. The molecule has 6 aromatic heterocycles. The van der Waals surface area contributed by atoms with Crippen molar-refractivity contribution in [1.29, 1.82) is 0 Å². The lowest BCUT2D eigenvalue weighted by Crippen LogP contribution is -2.43. The van der Waals surface area contributed by atoms with Crippen molar-refractivity contribution in [2.75, 3.05) is 44.5 Å². The average molecular weight is 1240 g/mol. The zero-order valence-corrected chi connectivity index (χ0v) is 47.6. The molecule has 36 heteroatoms. The molecule has 0 saturated carbocycles. The molecular formula is C46H61Cl4FN14O17. The normalized spacial score (nSPS) is 33.2. The largest absolute Gasteiger partial charge is 0.476 e. The molecule has 0 bridgehead atoms. The molecule has 452 valence electrons. The number of nitrogen functional groups attached to an aromatic ring is 2. The maximum Gasteiger partial charge on any atom is 0.330 e. The highest BCUT2D eigenvalue weighted by atomic mass is 35.5.